The van der Waals surface area contributed by atoms with E-state index in [4.69, 9.17) is 11.6 Å². The second-order valence-electron chi connectivity index (χ2n) is 4.86. The van der Waals surface area contributed by atoms with Crippen molar-refractivity contribution in [1.29, 1.82) is 0 Å². The third kappa shape index (κ3) is 5.25. The van der Waals surface area contributed by atoms with Crippen LogP contribution in [0.15, 0.2) is 42.5 Å². The molecular weight excluding hydrogens is 353 g/mol. The van der Waals surface area contributed by atoms with E-state index in [0.717, 1.165) is 11.6 Å². The number of hydrogen-bond donors (Lipinski definition) is 1. The van der Waals surface area contributed by atoms with E-state index in [2.05, 4.69) is 10.1 Å². The Labute approximate surface area is 148 Å². The molecule has 0 spiro atoms. The first kappa shape index (κ1) is 18.3. The van der Waals surface area contributed by atoms with Crippen molar-refractivity contribution in [3.8, 4) is 0 Å². The molecule has 0 aliphatic heterocycles. The summed E-state index contributed by atoms with van der Waals surface area (Å²) >= 11 is 7.25. The zero-order chi connectivity index (χ0) is 17.5. The van der Waals surface area contributed by atoms with Gasteiger partial charge in [0.25, 0.3) is 0 Å². The van der Waals surface area contributed by atoms with Gasteiger partial charge in [-0.1, -0.05) is 23.7 Å². The van der Waals surface area contributed by atoms with Crippen LogP contribution in [0.5, 0.6) is 0 Å². The molecule has 1 N–H and O–H groups in total. The van der Waals surface area contributed by atoms with Gasteiger partial charge in [-0.2, -0.15) is 0 Å². The minimum absolute atomic E-state index is 0.152. The maximum Gasteiger partial charge on any atom is 0.337 e. The summed E-state index contributed by atoms with van der Waals surface area (Å²) in [5.74, 6) is -0.327. The van der Waals surface area contributed by atoms with Gasteiger partial charge in [-0.3, -0.25) is 4.79 Å². The average Bonchev–Trinajstić information content (AvgIpc) is 2.57. The largest absolute Gasteiger partial charge is 0.465 e. The SMILES string of the molecule is COC(=O)c1cccc(CSCC(=O)Nc2ccc(F)cc2Cl)c1. The number of anilines is 1. The van der Waals surface area contributed by atoms with Crippen LogP contribution in [0.25, 0.3) is 0 Å². The van der Waals surface area contributed by atoms with E-state index in [1.54, 1.807) is 18.2 Å². The topological polar surface area (TPSA) is 55.4 Å². The maximum atomic E-state index is 13.0. The summed E-state index contributed by atoms with van der Waals surface area (Å²) in [6.07, 6.45) is 0. The molecular formula is C17H15ClFNO3S. The lowest BCUT2D eigenvalue weighted by molar-refractivity contribution is -0.113. The van der Waals surface area contributed by atoms with Crippen molar-refractivity contribution in [2.75, 3.05) is 18.2 Å². The molecule has 0 saturated carbocycles. The van der Waals surface area contributed by atoms with Crippen molar-refractivity contribution in [2.24, 2.45) is 0 Å². The number of carbonyl (C=O) groups is 2. The summed E-state index contributed by atoms with van der Waals surface area (Å²) in [7, 11) is 1.33. The average molecular weight is 368 g/mol. The minimum Gasteiger partial charge on any atom is -0.465 e. The Morgan fingerprint density at radius 3 is 2.75 bits per heavy atom. The number of ether oxygens (including phenoxy) is 1. The predicted octanol–water partition coefficient (Wildman–Crippen LogP) is 4.14. The molecule has 0 unspecified atom stereocenters. The molecule has 126 valence electrons. The summed E-state index contributed by atoms with van der Waals surface area (Å²) in [6.45, 7) is 0. The minimum atomic E-state index is -0.460. The maximum absolute atomic E-state index is 13.0. The van der Waals surface area contributed by atoms with Gasteiger partial charge in [-0.05, 0) is 35.9 Å². The zero-order valence-corrected chi connectivity index (χ0v) is 14.4. The lowest BCUT2D eigenvalue weighted by Crippen LogP contribution is -2.14. The van der Waals surface area contributed by atoms with Crippen LogP contribution in [-0.4, -0.2) is 24.7 Å². The van der Waals surface area contributed by atoms with Gasteiger partial charge in [0.1, 0.15) is 5.82 Å². The van der Waals surface area contributed by atoms with Gasteiger partial charge in [-0.25, -0.2) is 9.18 Å². The summed E-state index contributed by atoms with van der Waals surface area (Å²) in [6, 6.07) is 10.8. The number of halogens is 2. The first-order chi connectivity index (χ1) is 11.5. The molecule has 0 aromatic heterocycles. The van der Waals surface area contributed by atoms with E-state index in [1.165, 1.54) is 31.0 Å². The van der Waals surface area contributed by atoms with Gasteiger partial charge in [0.2, 0.25) is 5.91 Å². The molecule has 2 aromatic carbocycles. The fraction of sp³-hybridized carbons (Fsp3) is 0.176. The zero-order valence-electron chi connectivity index (χ0n) is 12.8. The number of carbonyl (C=O) groups excluding carboxylic acids is 2. The smallest absolute Gasteiger partial charge is 0.337 e. The van der Waals surface area contributed by atoms with Crippen LogP contribution in [-0.2, 0) is 15.3 Å². The lowest BCUT2D eigenvalue weighted by atomic mass is 10.1. The number of hydrogen-bond acceptors (Lipinski definition) is 4. The monoisotopic (exact) mass is 367 g/mol. The molecule has 2 aromatic rings. The van der Waals surface area contributed by atoms with Crippen molar-refractivity contribution in [1.82, 2.24) is 0 Å². The second-order valence-corrected chi connectivity index (χ2v) is 6.25. The van der Waals surface area contributed by atoms with Crippen molar-refractivity contribution < 1.29 is 18.7 Å². The van der Waals surface area contributed by atoms with Crippen molar-refractivity contribution in [2.45, 2.75) is 5.75 Å². The van der Waals surface area contributed by atoms with Gasteiger partial charge in [0.05, 0.1) is 29.1 Å². The Balaban J connectivity index is 1.85. The molecule has 0 saturated heterocycles. The van der Waals surface area contributed by atoms with Crippen LogP contribution in [0.1, 0.15) is 15.9 Å². The van der Waals surface area contributed by atoms with E-state index in [0.29, 0.717) is 17.0 Å². The Hall–Kier alpha value is -2.05. The molecule has 1 amide bonds. The highest BCUT2D eigenvalue weighted by molar-refractivity contribution is 7.99. The first-order valence-corrected chi connectivity index (χ1v) is 8.53. The molecule has 0 aliphatic rings. The summed E-state index contributed by atoms with van der Waals surface area (Å²) in [5.41, 5.74) is 1.75. The molecule has 0 fully saturated rings. The Morgan fingerprint density at radius 1 is 1.25 bits per heavy atom. The van der Waals surface area contributed by atoms with Crippen LogP contribution in [0, 0.1) is 5.82 Å². The Morgan fingerprint density at radius 2 is 2.04 bits per heavy atom. The van der Waals surface area contributed by atoms with Crippen molar-refractivity contribution in [3.63, 3.8) is 0 Å². The molecule has 7 heteroatoms. The van der Waals surface area contributed by atoms with Crippen LogP contribution >= 0.6 is 23.4 Å². The van der Waals surface area contributed by atoms with E-state index in [9.17, 15) is 14.0 Å². The normalized spacial score (nSPS) is 10.3. The van der Waals surface area contributed by atoms with E-state index in [-0.39, 0.29) is 16.7 Å². The summed E-state index contributed by atoms with van der Waals surface area (Å²) in [4.78, 5) is 23.4. The van der Waals surface area contributed by atoms with Gasteiger partial charge >= 0.3 is 5.97 Å². The Kier molecular flexibility index (Phi) is 6.63. The number of amides is 1. The third-order valence-electron chi connectivity index (χ3n) is 3.06. The number of nitrogens with one attached hydrogen (secondary N) is 1. The molecule has 0 aliphatic carbocycles. The van der Waals surface area contributed by atoms with Crippen molar-refractivity contribution in [3.05, 3.63) is 64.4 Å². The van der Waals surface area contributed by atoms with Gasteiger partial charge in [0, 0.05) is 5.75 Å². The van der Waals surface area contributed by atoms with Gasteiger partial charge in [0.15, 0.2) is 0 Å². The molecule has 2 rings (SSSR count). The number of rotatable bonds is 6. The van der Waals surface area contributed by atoms with E-state index < -0.39 is 11.8 Å². The van der Waals surface area contributed by atoms with E-state index >= 15 is 0 Å². The van der Waals surface area contributed by atoms with Crippen LogP contribution in [0.3, 0.4) is 0 Å². The number of esters is 1. The lowest BCUT2D eigenvalue weighted by Gasteiger charge is -2.07. The number of methoxy groups -OCH3 is 1. The number of thioether (sulfide) groups is 1. The van der Waals surface area contributed by atoms with Crippen LogP contribution in [0.4, 0.5) is 10.1 Å². The molecule has 0 atom stereocenters. The molecule has 24 heavy (non-hydrogen) atoms. The van der Waals surface area contributed by atoms with E-state index in [1.807, 2.05) is 6.07 Å². The quantitative estimate of drug-likeness (QED) is 0.780. The van der Waals surface area contributed by atoms with Crippen molar-refractivity contribution >= 4 is 40.9 Å². The summed E-state index contributed by atoms with van der Waals surface area (Å²) < 4.78 is 17.6. The van der Waals surface area contributed by atoms with Crippen LogP contribution in [0.2, 0.25) is 5.02 Å². The summed E-state index contributed by atoms with van der Waals surface area (Å²) in [5, 5.41) is 2.78. The highest BCUT2D eigenvalue weighted by Gasteiger charge is 2.09. The standard InChI is InChI=1S/C17H15ClFNO3S/c1-23-17(22)12-4-2-3-11(7-12)9-24-10-16(21)20-15-6-5-13(19)8-14(15)18/h2-8H,9-10H2,1H3,(H,20,21). The molecule has 0 heterocycles. The molecule has 0 bridgehead atoms. The van der Waals surface area contributed by atoms with Crippen LogP contribution < -0.4 is 5.32 Å². The van der Waals surface area contributed by atoms with Gasteiger partial charge < -0.3 is 10.1 Å². The fourth-order valence-electron chi connectivity index (χ4n) is 1.94. The molecule has 4 nitrogen and oxygen atoms in total. The highest BCUT2D eigenvalue weighted by Crippen LogP contribution is 2.23. The highest BCUT2D eigenvalue weighted by atomic mass is 35.5. The third-order valence-corrected chi connectivity index (χ3v) is 4.37. The predicted molar refractivity (Wildman–Crippen MR) is 94.0 cm³/mol. The number of benzene rings is 2. The first-order valence-electron chi connectivity index (χ1n) is 6.99. The Bertz CT molecular complexity index is 754. The molecule has 0 radical (unpaired) electrons. The fourth-order valence-corrected chi connectivity index (χ4v) is 2.93. The second kappa shape index (κ2) is 8.70. The van der Waals surface area contributed by atoms with Gasteiger partial charge in [-0.15, -0.1) is 11.8 Å².